The summed E-state index contributed by atoms with van der Waals surface area (Å²) < 4.78 is 29.3. The first-order valence-electron chi connectivity index (χ1n) is 13.9. The van der Waals surface area contributed by atoms with Crippen molar-refractivity contribution in [1.82, 2.24) is 0 Å². The number of fused-ring (bicyclic) bond motifs is 3. The van der Waals surface area contributed by atoms with Crippen LogP contribution in [0.4, 0.5) is 5.69 Å². The highest BCUT2D eigenvalue weighted by Gasteiger charge is 2.45. The van der Waals surface area contributed by atoms with Gasteiger partial charge in [-0.1, -0.05) is 66.7 Å². The fourth-order valence-electron chi connectivity index (χ4n) is 6.33. The van der Waals surface area contributed by atoms with Gasteiger partial charge in [0.2, 0.25) is 0 Å². The molecule has 0 N–H and O–H groups in total. The Morgan fingerprint density at radius 1 is 0.900 bits per heavy atom. The van der Waals surface area contributed by atoms with Crippen LogP contribution >= 0.6 is 7.60 Å². The van der Waals surface area contributed by atoms with Gasteiger partial charge in [-0.25, -0.2) is 4.79 Å². The fourth-order valence-corrected chi connectivity index (χ4v) is 7.99. The van der Waals surface area contributed by atoms with Gasteiger partial charge < -0.3 is 18.7 Å². The van der Waals surface area contributed by atoms with Crippen LogP contribution in [0.1, 0.15) is 49.3 Å². The van der Waals surface area contributed by atoms with Crippen LogP contribution < -0.4 is 4.90 Å². The average molecular weight is 562 g/mol. The molecule has 0 bridgehead atoms. The van der Waals surface area contributed by atoms with Gasteiger partial charge in [-0.15, -0.1) is 0 Å². The SMILES string of the molecule is CCOP(=O)(CC(=O)[C@H]1CCCN(c2cccc3c2C(c2ccccc2)c2ccccc2-3)[C@H]1C(=O)OC)OCC. The van der Waals surface area contributed by atoms with E-state index in [-0.39, 0.29) is 31.1 Å². The molecule has 3 aromatic rings. The Morgan fingerprint density at radius 2 is 1.57 bits per heavy atom. The minimum atomic E-state index is -3.62. The number of benzene rings is 3. The van der Waals surface area contributed by atoms with Gasteiger partial charge in [-0.05, 0) is 60.6 Å². The summed E-state index contributed by atoms with van der Waals surface area (Å²) in [5.74, 6) is -1.51. The van der Waals surface area contributed by atoms with E-state index in [0.717, 1.165) is 22.4 Å². The number of Topliss-reactive ketones (excluding diaryl/α,β-unsaturated/α-hetero) is 1. The molecule has 3 atom stereocenters. The molecule has 1 aliphatic carbocycles. The van der Waals surface area contributed by atoms with Crippen LogP contribution in [0.15, 0.2) is 72.8 Å². The van der Waals surface area contributed by atoms with E-state index in [0.29, 0.717) is 19.4 Å². The van der Waals surface area contributed by atoms with E-state index < -0.39 is 25.5 Å². The lowest BCUT2D eigenvalue weighted by Crippen LogP contribution is -2.54. The van der Waals surface area contributed by atoms with Crippen molar-refractivity contribution in [3.05, 3.63) is 89.5 Å². The number of piperidine rings is 1. The predicted molar refractivity (Wildman–Crippen MR) is 156 cm³/mol. The van der Waals surface area contributed by atoms with Crippen LogP contribution in [0.3, 0.4) is 0 Å². The lowest BCUT2D eigenvalue weighted by molar-refractivity contribution is -0.146. The van der Waals surface area contributed by atoms with E-state index in [9.17, 15) is 14.2 Å². The van der Waals surface area contributed by atoms with Crippen molar-refractivity contribution >= 4 is 25.0 Å². The molecular weight excluding hydrogens is 525 g/mol. The first-order chi connectivity index (χ1) is 19.4. The predicted octanol–water partition coefficient (Wildman–Crippen LogP) is 6.44. The number of ether oxygens (including phenoxy) is 1. The molecule has 0 spiro atoms. The van der Waals surface area contributed by atoms with Crippen molar-refractivity contribution in [2.24, 2.45) is 5.92 Å². The Morgan fingerprint density at radius 3 is 2.27 bits per heavy atom. The maximum absolute atomic E-state index is 13.7. The number of methoxy groups -OCH3 is 1. The Kier molecular flexibility index (Phi) is 8.55. The van der Waals surface area contributed by atoms with Gasteiger partial charge in [-0.2, -0.15) is 0 Å². The van der Waals surface area contributed by atoms with Gasteiger partial charge >= 0.3 is 13.6 Å². The van der Waals surface area contributed by atoms with Crippen molar-refractivity contribution in [3.8, 4) is 11.1 Å². The summed E-state index contributed by atoms with van der Waals surface area (Å²) >= 11 is 0. The molecule has 40 heavy (non-hydrogen) atoms. The van der Waals surface area contributed by atoms with Gasteiger partial charge in [0.15, 0.2) is 5.78 Å². The lowest BCUT2D eigenvalue weighted by atomic mass is 9.83. The maximum atomic E-state index is 13.7. The molecule has 210 valence electrons. The number of hydrogen-bond donors (Lipinski definition) is 0. The van der Waals surface area contributed by atoms with Crippen LogP contribution in [0.25, 0.3) is 11.1 Å². The first-order valence-corrected chi connectivity index (χ1v) is 15.7. The van der Waals surface area contributed by atoms with Crippen LogP contribution in [0, 0.1) is 5.92 Å². The molecule has 1 heterocycles. The van der Waals surface area contributed by atoms with Gasteiger partial charge in [0.05, 0.1) is 20.3 Å². The molecular formula is C32H36NO6P. The number of anilines is 1. The molecule has 0 amide bonds. The molecule has 0 radical (unpaired) electrons. The molecule has 1 aliphatic heterocycles. The average Bonchev–Trinajstić information content (AvgIpc) is 3.31. The molecule has 8 heteroatoms. The van der Waals surface area contributed by atoms with E-state index in [2.05, 4.69) is 36.4 Å². The number of esters is 1. The quantitative estimate of drug-likeness (QED) is 0.163. The third kappa shape index (κ3) is 5.26. The highest BCUT2D eigenvalue weighted by molar-refractivity contribution is 7.54. The first kappa shape index (κ1) is 28.3. The standard InChI is InChI=1S/C32H36NO6P/c1-4-38-40(36,39-5-2)21-28(34)26-18-12-20-33(31(26)32(35)37-3)27-19-11-17-25-23-15-9-10-16-24(23)29(30(25)27)22-13-7-6-8-14-22/h6-11,13-17,19,26,29,31H,4-5,12,18,20-21H2,1-3H3/t26-,29?,31-/m1/s1. The van der Waals surface area contributed by atoms with E-state index in [1.165, 1.54) is 18.2 Å². The Labute approximate surface area is 236 Å². The minimum absolute atomic E-state index is 0.0194. The van der Waals surface area contributed by atoms with Crippen molar-refractivity contribution in [3.63, 3.8) is 0 Å². The van der Waals surface area contributed by atoms with E-state index >= 15 is 0 Å². The summed E-state index contributed by atoms with van der Waals surface area (Å²) in [6.07, 6.45) is 0.820. The van der Waals surface area contributed by atoms with Crippen molar-refractivity contribution < 1.29 is 27.9 Å². The Balaban J connectivity index is 1.59. The molecule has 0 aromatic heterocycles. The van der Waals surface area contributed by atoms with Gasteiger partial charge in [0, 0.05) is 24.1 Å². The summed E-state index contributed by atoms with van der Waals surface area (Å²) in [4.78, 5) is 29.1. The monoisotopic (exact) mass is 561 g/mol. The topological polar surface area (TPSA) is 82.1 Å². The van der Waals surface area contributed by atoms with E-state index in [1.54, 1.807) is 13.8 Å². The summed E-state index contributed by atoms with van der Waals surface area (Å²) in [7, 11) is -2.27. The normalized spacial score (nSPS) is 20.1. The number of carbonyl (C=O) groups is 2. The van der Waals surface area contributed by atoms with Gasteiger partial charge in [0.25, 0.3) is 0 Å². The van der Waals surface area contributed by atoms with Crippen LogP contribution in [0.5, 0.6) is 0 Å². The van der Waals surface area contributed by atoms with Crippen molar-refractivity contribution in [1.29, 1.82) is 0 Å². The van der Waals surface area contributed by atoms with E-state index in [1.807, 2.05) is 41.3 Å². The molecule has 3 aromatic carbocycles. The van der Waals surface area contributed by atoms with Crippen LogP contribution in [0.2, 0.25) is 0 Å². The van der Waals surface area contributed by atoms with Gasteiger partial charge in [0.1, 0.15) is 12.2 Å². The van der Waals surface area contributed by atoms with Gasteiger partial charge in [-0.3, -0.25) is 9.36 Å². The summed E-state index contributed by atoms with van der Waals surface area (Å²) in [6.45, 7) is 4.35. The van der Waals surface area contributed by atoms with Crippen molar-refractivity contribution in [2.45, 2.75) is 38.6 Å². The molecule has 0 saturated carbocycles. The zero-order chi connectivity index (χ0) is 28.3. The summed E-state index contributed by atoms with van der Waals surface area (Å²) in [5, 5.41) is 0. The summed E-state index contributed by atoms with van der Waals surface area (Å²) in [6, 6.07) is 24.1. The smallest absolute Gasteiger partial charge is 0.338 e. The molecule has 2 aliphatic rings. The minimum Gasteiger partial charge on any atom is -0.467 e. The second-order valence-corrected chi connectivity index (χ2v) is 12.2. The van der Waals surface area contributed by atoms with Crippen LogP contribution in [-0.4, -0.2) is 50.8 Å². The molecule has 1 unspecified atom stereocenters. The number of hydrogen-bond acceptors (Lipinski definition) is 7. The zero-order valence-electron chi connectivity index (χ0n) is 23.2. The number of nitrogens with zero attached hydrogens (tertiary/aromatic N) is 1. The lowest BCUT2D eigenvalue weighted by Gasteiger charge is -2.41. The second kappa shape index (κ2) is 12.1. The third-order valence-corrected chi connectivity index (χ3v) is 9.87. The second-order valence-electron chi connectivity index (χ2n) is 10.2. The molecule has 1 saturated heterocycles. The van der Waals surface area contributed by atoms with E-state index in [4.69, 9.17) is 13.8 Å². The highest BCUT2D eigenvalue weighted by Crippen LogP contribution is 2.53. The third-order valence-electron chi connectivity index (χ3n) is 7.86. The largest absolute Gasteiger partial charge is 0.467 e. The number of carbonyl (C=O) groups excluding carboxylic acids is 2. The Bertz CT molecular complexity index is 1410. The summed E-state index contributed by atoms with van der Waals surface area (Å²) in [5.41, 5.74) is 6.69. The maximum Gasteiger partial charge on any atom is 0.338 e. The fraction of sp³-hybridized carbons (Fsp3) is 0.375. The molecule has 1 fully saturated rings. The molecule has 5 rings (SSSR count). The number of ketones is 1. The number of rotatable bonds is 10. The Hall–Kier alpha value is -3.25. The highest BCUT2D eigenvalue weighted by atomic mass is 31.2. The van der Waals surface area contributed by atoms with Crippen LogP contribution in [-0.2, 0) is 27.9 Å². The van der Waals surface area contributed by atoms with Crippen molar-refractivity contribution in [2.75, 3.05) is 37.9 Å². The molecule has 7 nitrogen and oxygen atoms in total. The zero-order valence-corrected chi connectivity index (χ0v) is 24.1.